The number of thioether (sulfide) groups is 1. The maximum atomic E-state index is 12.9. The average molecular weight is 523 g/mol. The van der Waals surface area contributed by atoms with Gasteiger partial charge >= 0.3 is 0 Å². The molecule has 34 heavy (non-hydrogen) atoms. The number of amides is 1. The summed E-state index contributed by atoms with van der Waals surface area (Å²) in [7, 11) is -2.44. The van der Waals surface area contributed by atoms with Gasteiger partial charge in [-0.3, -0.25) is 9.69 Å². The van der Waals surface area contributed by atoms with E-state index in [2.05, 4.69) is 11.3 Å². The van der Waals surface area contributed by atoms with Crippen LogP contribution in [0.4, 0.5) is 0 Å². The van der Waals surface area contributed by atoms with Crippen LogP contribution in [-0.2, 0) is 14.8 Å². The molecule has 2 aromatic carbocycles. The lowest BCUT2D eigenvalue weighted by Crippen LogP contribution is -2.29. The van der Waals surface area contributed by atoms with E-state index in [0.29, 0.717) is 28.0 Å². The molecule has 0 saturated carbocycles. The molecule has 2 aromatic rings. The quantitative estimate of drug-likeness (QED) is 0.298. The van der Waals surface area contributed by atoms with Crippen LogP contribution in [0.1, 0.15) is 38.7 Å². The highest BCUT2D eigenvalue weighted by atomic mass is 35.5. The van der Waals surface area contributed by atoms with Crippen molar-refractivity contribution in [3.05, 3.63) is 58.0 Å². The minimum atomic E-state index is -4.00. The van der Waals surface area contributed by atoms with E-state index in [1.54, 1.807) is 32.2 Å². The average Bonchev–Trinajstić information content (AvgIpc) is 3.10. The van der Waals surface area contributed by atoms with Gasteiger partial charge in [-0.15, -0.1) is 4.40 Å². The lowest BCUT2D eigenvalue weighted by molar-refractivity contribution is -0.122. The lowest BCUT2D eigenvalue weighted by Gasteiger charge is -2.12. The molecule has 0 aromatic heterocycles. The molecule has 1 fully saturated rings. The van der Waals surface area contributed by atoms with Crippen LogP contribution >= 0.6 is 23.4 Å². The maximum Gasteiger partial charge on any atom is 0.284 e. The van der Waals surface area contributed by atoms with Gasteiger partial charge in [0.15, 0.2) is 16.7 Å². The number of rotatable bonds is 10. The Hall–Kier alpha value is -2.49. The third-order valence-corrected chi connectivity index (χ3v) is 7.66. The number of likely N-dealkylation sites (N-methyl/N-ethyl adjacent to an activating group) is 1. The largest absolute Gasteiger partial charge is 0.493 e. The number of carbonyl (C=O) groups is 1. The molecular weight excluding hydrogens is 496 g/mol. The summed E-state index contributed by atoms with van der Waals surface area (Å²) in [5, 5.41) is 0.529. The minimum absolute atomic E-state index is 0.00481. The zero-order chi connectivity index (χ0) is 24.7. The molecule has 0 aliphatic carbocycles. The molecular formula is C24H27ClN2O5S2. The smallest absolute Gasteiger partial charge is 0.284 e. The van der Waals surface area contributed by atoms with Gasteiger partial charge in [0.05, 0.1) is 23.5 Å². The summed E-state index contributed by atoms with van der Waals surface area (Å²) < 4.78 is 40.7. The molecule has 1 heterocycles. The molecule has 3 rings (SSSR count). The summed E-state index contributed by atoms with van der Waals surface area (Å²) in [4.78, 5) is 14.6. The summed E-state index contributed by atoms with van der Waals surface area (Å²) in [6, 6.07) is 11.1. The van der Waals surface area contributed by atoms with Crippen LogP contribution in [-0.4, -0.2) is 44.7 Å². The van der Waals surface area contributed by atoms with E-state index in [-0.39, 0.29) is 22.5 Å². The number of sulfonamides is 1. The Labute approximate surface area is 209 Å². The first-order valence-corrected chi connectivity index (χ1v) is 13.5. The van der Waals surface area contributed by atoms with Gasteiger partial charge in [-0.2, -0.15) is 8.42 Å². The fraction of sp³-hybridized carbons (Fsp3) is 0.333. The Morgan fingerprint density at radius 3 is 2.47 bits per heavy atom. The second kappa shape index (κ2) is 11.8. The third kappa shape index (κ3) is 6.34. The molecule has 0 radical (unpaired) electrons. The van der Waals surface area contributed by atoms with Crippen LogP contribution in [0.5, 0.6) is 11.5 Å². The van der Waals surface area contributed by atoms with Crippen molar-refractivity contribution in [1.29, 1.82) is 0 Å². The topological polar surface area (TPSA) is 85.3 Å². The van der Waals surface area contributed by atoms with Gasteiger partial charge in [-0.05, 0) is 73.1 Å². The molecule has 182 valence electrons. The molecule has 1 aliphatic heterocycles. The van der Waals surface area contributed by atoms with Crippen molar-refractivity contribution < 1.29 is 22.7 Å². The number of unbranched alkanes of at least 4 members (excludes halogenated alkanes) is 2. The lowest BCUT2D eigenvalue weighted by atomic mass is 10.2. The van der Waals surface area contributed by atoms with Crippen LogP contribution in [0, 0.1) is 0 Å². The monoisotopic (exact) mass is 522 g/mol. The van der Waals surface area contributed by atoms with Crippen molar-refractivity contribution in [2.45, 2.75) is 38.0 Å². The number of nitrogens with zero attached hydrogens (tertiary/aromatic N) is 2. The standard InChI is InChI=1S/C24H27ClN2O5S2/c1-4-6-7-14-32-20-13-8-17(15-21(20)31-3)16-22-23(28)27(5-2)24(33-22)26-34(29,30)19-11-9-18(25)10-12-19/h8-13,15-16H,4-7,14H2,1-3H3/b22-16-,26-24?. The van der Waals surface area contributed by atoms with Crippen molar-refractivity contribution >= 4 is 50.5 Å². The highest BCUT2D eigenvalue weighted by Crippen LogP contribution is 2.35. The van der Waals surface area contributed by atoms with Crippen LogP contribution in [0.3, 0.4) is 0 Å². The van der Waals surface area contributed by atoms with E-state index < -0.39 is 10.0 Å². The van der Waals surface area contributed by atoms with Gasteiger partial charge in [0.25, 0.3) is 15.9 Å². The van der Waals surface area contributed by atoms with Crippen LogP contribution in [0.25, 0.3) is 6.08 Å². The number of ether oxygens (including phenoxy) is 2. The first-order valence-electron chi connectivity index (χ1n) is 10.9. The first kappa shape index (κ1) is 26.1. The number of methoxy groups -OCH3 is 1. The molecule has 0 spiro atoms. The Balaban J connectivity index is 1.85. The summed E-state index contributed by atoms with van der Waals surface area (Å²) in [6.07, 6.45) is 4.86. The third-order valence-electron chi connectivity index (χ3n) is 5.00. The van der Waals surface area contributed by atoms with E-state index in [4.69, 9.17) is 21.1 Å². The van der Waals surface area contributed by atoms with Gasteiger partial charge in [0, 0.05) is 11.6 Å². The summed E-state index contributed by atoms with van der Waals surface area (Å²) in [6.45, 7) is 4.78. The fourth-order valence-corrected chi connectivity index (χ4v) is 5.57. The van der Waals surface area contributed by atoms with Crippen molar-refractivity contribution in [2.24, 2.45) is 4.40 Å². The number of hydrogen-bond donors (Lipinski definition) is 0. The van der Waals surface area contributed by atoms with Crippen molar-refractivity contribution in [3.63, 3.8) is 0 Å². The molecule has 7 nitrogen and oxygen atoms in total. The Morgan fingerprint density at radius 2 is 1.82 bits per heavy atom. The maximum absolute atomic E-state index is 12.9. The second-order valence-electron chi connectivity index (χ2n) is 7.43. The number of amidine groups is 1. The van der Waals surface area contributed by atoms with Gasteiger partial charge in [0.1, 0.15) is 0 Å². The van der Waals surface area contributed by atoms with E-state index in [0.717, 1.165) is 36.6 Å². The van der Waals surface area contributed by atoms with E-state index >= 15 is 0 Å². The number of hydrogen-bond acceptors (Lipinski definition) is 6. The van der Waals surface area contributed by atoms with Gasteiger partial charge in [0.2, 0.25) is 0 Å². The van der Waals surface area contributed by atoms with Crippen molar-refractivity contribution in [3.8, 4) is 11.5 Å². The Bertz CT molecular complexity index is 1190. The Morgan fingerprint density at radius 1 is 1.09 bits per heavy atom. The summed E-state index contributed by atoms with van der Waals surface area (Å²) in [5.74, 6) is 0.891. The zero-order valence-electron chi connectivity index (χ0n) is 19.3. The summed E-state index contributed by atoms with van der Waals surface area (Å²) >= 11 is 6.87. The SMILES string of the molecule is CCCCCOc1ccc(/C=C2\SC(=NS(=O)(=O)c3ccc(Cl)cc3)N(CC)C2=O)cc1OC. The molecule has 10 heteroatoms. The number of benzene rings is 2. The number of carbonyl (C=O) groups excluding carboxylic acids is 1. The predicted octanol–water partition coefficient (Wildman–Crippen LogP) is 5.60. The molecule has 1 saturated heterocycles. The van der Waals surface area contributed by atoms with Crippen molar-refractivity contribution in [2.75, 3.05) is 20.3 Å². The van der Waals surface area contributed by atoms with Crippen LogP contribution in [0.2, 0.25) is 5.02 Å². The molecule has 0 atom stereocenters. The van der Waals surface area contributed by atoms with Gasteiger partial charge in [-0.1, -0.05) is 37.4 Å². The normalized spacial score (nSPS) is 16.5. The minimum Gasteiger partial charge on any atom is -0.493 e. The number of halogens is 1. The second-order valence-corrected chi connectivity index (χ2v) is 10.5. The van der Waals surface area contributed by atoms with E-state index in [1.807, 2.05) is 6.07 Å². The molecule has 0 unspecified atom stereocenters. The predicted molar refractivity (Wildman–Crippen MR) is 137 cm³/mol. The van der Waals surface area contributed by atoms with Gasteiger partial charge in [-0.25, -0.2) is 0 Å². The highest BCUT2D eigenvalue weighted by Gasteiger charge is 2.34. The van der Waals surface area contributed by atoms with Crippen LogP contribution < -0.4 is 9.47 Å². The zero-order valence-corrected chi connectivity index (χ0v) is 21.7. The van der Waals surface area contributed by atoms with Gasteiger partial charge < -0.3 is 9.47 Å². The fourth-order valence-electron chi connectivity index (χ4n) is 3.20. The molecule has 0 N–H and O–H groups in total. The summed E-state index contributed by atoms with van der Waals surface area (Å²) in [5.41, 5.74) is 0.728. The Kier molecular flexibility index (Phi) is 9.04. The van der Waals surface area contributed by atoms with Crippen molar-refractivity contribution in [1.82, 2.24) is 4.90 Å². The highest BCUT2D eigenvalue weighted by molar-refractivity contribution is 8.19. The first-order chi connectivity index (χ1) is 16.3. The van der Waals surface area contributed by atoms with Crippen LogP contribution in [0.15, 0.2) is 56.7 Å². The van der Waals surface area contributed by atoms with E-state index in [9.17, 15) is 13.2 Å². The van der Waals surface area contributed by atoms with E-state index in [1.165, 1.54) is 29.2 Å². The molecule has 1 amide bonds. The molecule has 1 aliphatic rings. The molecule has 0 bridgehead atoms.